The minimum absolute atomic E-state index is 0.285. The molecular formula is C23H23ClF3N5O2. The van der Waals surface area contributed by atoms with Gasteiger partial charge in [-0.3, -0.25) is 4.98 Å². The molecule has 0 atom stereocenters. The molecule has 0 saturated carbocycles. The minimum atomic E-state index is -4.74. The molecule has 1 aliphatic heterocycles. The van der Waals surface area contributed by atoms with Crippen LogP contribution in [-0.2, 0) is 17.7 Å². The summed E-state index contributed by atoms with van der Waals surface area (Å²) < 4.78 is 46.4. The van der Waals surface area contributed by atoms with Crippen LogP contribution < -0.4 is 20.3 Å². The van der Waals surface area contributed by atoms with Crippen molar-refractivity contribution in [2.75, 3.05) is 42.3 Å². The summed E-state index contributed by atoms with van der Waals surface area (Å²) >= 11 is 6.38. The molecule has 11 heteroatoms. The van der Waals surface area contributed by atoms with Crippen LogP contribution in [0.4, 0.5) is 36.2 Å². The van der Waals surface area contributed by atoms with Crippen LogP contribution in [0, 0.1) is 0 Å². The van der Waals surface area contributed by atoms with Crippen molar-refractivity contribution in [3.63, 3.8) is 0 Å². The Kier molecular flexibility index (Phi) is 7.28. The topological polar surface area (TPSA) is 71.5 Å². The largest absolute Gasteiger partial charge is 0.573 e. The maximum absolute atomic E-state index is 12.4. The van der Waals surface area contributed by atoms with E-state index >= 15 is 0 Å². The molecule has 2 N–H and O–H groups in total. The standard InChI is InChI=1S/C23H23ClF3N5O2/c1-33-11-9-29-21-12-15-14-32(20-13-28-8-6-19(20)24)10-7-18(15)22(31-21)30-16-2-4-17(5-3-16)34-23(25,26)27/h2-6,8,12-13H,7,9-11,14H2,1H3,(H2,29,30,31). The summed E-state index contributed by atoms with van der Waals surface area (Å²) in [4.78, 5) is 11.0. The molecule has 180 valence electrons. The Morgan fingerprint density at radius 2 is 1.97 bits per heavy atom. The summed E-state index contributed by atoms with van der Waals surface area (Å²) in [5, 5.41) is 7.12. The highest BCUT2D eigenvalue weighted by molar-refractivity contribution is 6.33. The van der Waals surface area contributed by atoms with Gasteiger partial charge in [0.2, 0.25) is 0 Å². The quantitative estimate of drug-likeness (QED) is 0.407. The number of nitrogens with zero attached hydrogens (tertiary/aromatic N) is 3. The first kappa shape index (κ1) is 23.9. The lowest BCUT2D eigenvalue weighted by Crippen LogP contribution is -2.31. The van der Waals surface area contributed by atoms with E-state index in [0.29, 0.717) is 55.0 Å². The number of methoxy groups -OCH3 is 1. The van der Waals surface area contributed by atoms with Crippen molar-refractivity contribution in [1.82, 2.24) is 9.97 Å². The van der Waals surface area contributed by atoms with Crippen LogP contribution >= 0.6 is 11.6 Å². The van der Waals surface area contributed by atoms with Gasteiger partial charge in [0, 0.05) is 44.2 Å². The number of halogens is 4. The molecule has 0 bridgehead atoms. The Bertz CT molecular complexity index is 1130. The van der Waals surface area contributed by atoms with E-state index in [1.165, 1.54) is 24.3 Å². The molecule has 0 radical (unpaired) electrons. The molecule has 0 amide bonds. The van der Waals surface area contributed by atoms with Crippen LogP contribution in [0.1, 0.15) is 11.1 Å². The Labute approximate surface area is 199 Å². The van der Waals surface area contributed by atoms with Crippen molar-refractivity contribution in [3.05, 3.63) is 64.9 Å². The number of rotatable bonds is 8. The Morgan fingerprint density at radius 1 is 1.18 bits per heavy atom. The Morgan fingerprint density at radius 3 is 2.68 bits per heavy atom. The number of nitrogens with one attached hydrogen (secondary N) is 2. The van der Waals surface area contributed by atoms with Crippen LogP contribution in [0.5, 0.6) is 5.75 Å². The zero-order valence-corrected chi connectivity index (χ0v) is 19.1. The van der Waals surface area contributed by atoms with E-state index in [1.54, 1.807) is 25.6 Å². The highest BCUT2D eigenvalue weighted by Gasteiger charge is 2.31. The third-order valence-corrected chi connectivity index (χ3v) is 5.58. The molecule has 3 heterocycles. The van der Waals surface area contributed by atoms with Gasteiger partial charge in [0.1, 0.15) is 17.4 Å². The van der Waals surface area contributed by atoms with Gasteiger partial charge in [-0.1, -0.05) is 11.6 Å². The van der Waals surface area contributed by atoms with Gasteiger partial charge in [0.25, 0.3) is 0 Å². The molecule has 1 aromatic carbocycles. The average Bonchev–Trinajstić information content (AvgIpc) is 2.79. The minimum Gasteiger partial charge on any atom is -0.406 e. The van der Waals surface area contributed by atoms with E-state index in [4.69, 9.17) is 21.3 Å². The molecule has 0 fully saturated rings. The molecule has 0 unspecified atom stereocenters. The number of pyridine rings is 2. The molecule has 7 nitrogen and oxygen atoms in total. The van der Waals surface area contributed by atoms with Crippen molar-refractivity contribution in [2.45, 2.75) is 19.3 Å². The predicted molar refractivity (Wildman–Crippen MR) is 125 cm³/mol. The molecule has 0 spiro atoms. The molecule has 34 heavy (non-hydrogen) atoms. The highest BCUT2D eigenvalue weighted by Crippen LogP contribution is 2.34. The molecule has 2 aromatic heterocycles. The number of ether oxygens (including phenoxy) is 2. The zero-order valence-electron chi connectivity index (χ0n) is 18.3. The maximum atomic E-state index is 12.4. The fraction of sp³-hybridized carbons (Fsp3) is 0.304. The second-order valence-corrected chi connectivity index (χ2v) is 8.02. The lowest BCUT2D eigenvalue weighted by Gasteiger charge is -2.32. The number of anilines is 4. The van der Waals surface area contributed by atoms with Gasteiger partial charge in [-0.25, -0.2) is 4.98 Å². The van der Waals surface area contributed by atoms with Crippen LogP contribution in [0.2, 0.25) is 5.02 Å². The molecule has 3 aromatic rings. The van der Waals surface area contributed by atoms with E-state index < -0.39 is 6.36 Å². The van der Waals surface area contributed by atoms with Gasteiger partial charge in [0.15, 0.2) is 0 Å². The van der Waals surface area contributed by atoms with Crippen LogP contribution in [0.15, 0.2) is 48.8 Å². The molecule has 0 aliphatic carbocycles. The van der Waals surface area contributed by atoms with Crippen LogP contribution in [-0.4, -0.2) is 43.1 Å². The van der Waals surface area contributed by atoms with Gasteiger partial charge >= 0.3 is 6.36 Å². The first-order chi connectivity index (χ1) is 16.3. The van der Waals surface area contributed by atoms with Crippen LogP contribution in [0.3, 0.4) is 0 Å². The molecule has 0 saturated heterocycles. The lowest BCUT2D eigenvalue weighted by molar-refractivity contribution is -0.274. The third-order valence-electron chi connectivity index (χ3n) is 5.26. The molecular weight excluding hydrogens is 471 g/mol. The summed E-state index contributed by atoms with van der Waals surface area (Å²) in [5.41, 5.74) is 3.54. The first-order valence-electron chi connectivity index (χ1n) is 10.6. The summed E-state index contributed by atoms with van der Waals surface area (Å²) in [6, 6.07) is 9.31. The van der Waals surface area contributed by atoms with E-state index in [9.17, 15) is 13.2 Å². The smallest absolute Gasteiger partial charge is 0.406 e. The second kappa shape index (κ2) is 10.4. The lowest BCUT2D eigenvalue weighted by atomic mass is 10.00. The van der Waals surface area contributed by atoms with Crippen molar-refractivity contribution < 1.29 is 22.6 Å². The zero-order chi connectivity index (χ0) is 24.1. The van der Waals surface area contributed by atoms with Gasteiger partial charge in [0.05, 0.1) is 23.5 Å². The van der Waals surface area contributed by atoms with Crippen molar-refractivity contribution in [2.24, 2.45) is 0 Å². The molecule has 1 aliphatic rings. The van der Waals surface area contributed by atoms with Gasteiger partial charge in [-0.15, -0.1) is 13.2 Å². The monoisotopic (exact) mass is 493 g/mol. The Balaban J connectivity index is 1.60. The van der Waals surface area contributed by atoms with E-state index in [-0.39, 0.29) is 5.75 Å². The summed E-state index contributed by atoms with van der Waals surface area (Å²) in [6.45, 7) is 2.40. The van der Waals surface area contributed by atoms with Crippen molar-refractivity contribution in [1.29, 1.82) is 0 Å². The van der Waals surface area contributed by atoms with E-state index in [1.807, 2.05) is 6.07 Å². The normalized spacial score (nSPS) is 13.4. The fourth-order valence-electron chi connectivity index (χ4n) is 3.74. The van der Waals surface area contributed by atoms with Gasteiger partial charge < -0.3 is 25.0 Å². The fourth-order valence-corrected chi connectivity index (χ4v) is 3.96. The Hall–Kier alpha value is -3.24. The second-order valence-electron chi connectivity index (χ2n) is 7.61. The SMILES string of the molecule is COCCNc1cc2c(c(Nc3ccc(OC(F)(F)F)cc3)n1)CCN(c1cnccc1Cl)C2. The maximum Gasteiger partial charge on any atom is 0.573 e. The average molecular weight is 494 g/mol. The van der Waals surface area contributed by atoms with Gasteiger partial charge in [-0.2, -0.15) is 0 Å². The predicted octanol–water partition coefficient (Wildman–Crippen LogP) is 5.39. The van der Waals surface area contributed by atoms with E-state index in [0.717, 1.165) is 16.8 Å². The van der Waals surface area contributed by atoms with E-state index in [2.05, 4.69) is 25.3 Å². The molecule has 4 rings (SSSR count). The summed E-state index contributed by atoms with van der Waals surface area (Å²) in [7, 11) is 1.62. The van der Waals surface area contributed by atoms with Gasteiger partial charge in [-0.05, 0) is 48.4 Å². The summed E-state index contributed by atoms with van der Waals surface area (Å²) in [6.07, 6.45) is -0.640. The number of benzene rings is 1. The summed E-state index contributed by atoms with van der Waals surface area (Å²) in [5.74, 6) is 1.01. The number of hydrogen-bond acceptors (Lipinski definition) is 7. The number of aromatic nitrogens is 2. The number of fused-ring (bicyclic) bond motifs is 1. The number of hydrogen-bond donors (Lipinski definition) is 2. The first-order valence-corrected chi connectivity index (χ1v) is 10.9. The number of alkyl halides is 3. The third kappa shape index (κ3) is 6.00. The van der Waals surface area contributed by atoms with Crippen molar-refractivity contribution in [3.8, 4) is 5.75 Å². The van der Waals surface area contributed by atoms with Crippen molar-refractivity contribution >= 4 is 34.6 Å². The highest BCUT2D eigenvalue weighted by atomic mass is 35.5. The van der Waals surface area contributed by atoms with Crippen LogP contribution in [0.25, 0.3) is 0 Å².